The van der Waals surface area contributed by atoms with Crippen molar-refractivity contribution in [3.8, 4) is 28.0 Å². The molecule has 2 saturated heterocycles. The number of fused-ring (bicyclic) bond motifs is 1. The second-order valence-corrected chi connectivity index (χ2v) is 13.7. The highest BCUT2D eigenvalue weighted by Crippen LogP contribution is 2.40. The van der Waals surface area contributed by atoms with Crippen molar-refractivity contribution < 1.29 is 19.7 Å². The third-order valence-electron chi connectivity index (χ3n) is 9.68. The molecule has 2 aliphatic heterocycles. The molecule has 8 nitrogen and oxygen atoms in total. The first-order valence-electron chi connectivity index (χ1n) is 16.3. The Bertz CT molecular complexity index is 1960. The van der Waals surface area contributed by atoms with Crippen LogP contribution in [0, 0.1) is 5.92 Å². The smallest absolute Gasteiger partial charge is 0.307 e. The predicted octanol–water partition coefficient (Wildman–Crippen LogP) is 7.21. The van der Waals surface area contributed by atoms with Gasteiger partial charge < -0.3 is 14.9 Å². The largest absolute Gasteiger partial charge is 0.496 e. The third-order valence-corrected chi connectivity index (χ3v) is 10.4. The number of ether oxygens (including phenoxy) is 1. The molecule has 2 atom stereocenters. The van der Waals surface area contributed by atoms with Gasteiger partial charge in [0.15, 0.2) is 0 Å². The van der Waals surface area contributed by atoms with Crippen molar-refractivity contribution in [2.45, 2.75) is 38.6 Å². The summed E-state index contributed by atoms with van der Waals surface area (Å²) < 4.78 is 7.69. The highest BCUT2D eigenvalue weighted by atomic mass is 35.5. The van der Waals surface area contributed by atoms with Crippen LogP contribution in [0.3, 0.4) is 0 Å². The van der Waals surface area contributed by atoms with E-state index in [1.165, 1.54) is 5.56 Å². The van der Waals surface area contributed by atoms with E-state index in [1.807, 2.05) is 47.3 Å². The number of hydrogen-bond donors (Lipinski definition) is 2. The Labute approximate surface area is 290 Å². The summed E-state index contributed by atoms with van der Waals surface area (Å²) in [5, 5.41) is 26.3. The van der Waals surface area contributed by atoms with E-state index in [0.717, 1.165) is 82.6 Å². The third kappa shape index (κ3) is 6.68. The molecule has 48 heavy (non-hydrogen) atoms. The summed E-state index contributed by atoms with van der Waals surface area (Å²) >= 11 is 14.0. The van der Waals surface area contributed by atoms with Gasteiger partial charge in [-0.25, -0.2) is 0 Å². The Kier molecular flexibility index (Phi) is 9.45. The fourth-order valence-electron chi connectivity index (χ4n) is 7.08. The molecule has 5 aromatic rings. The first-order valence-corrected chi connectivity index (χ1v) is 17.1. The van der Waals surface area contributed by atoms with Gasteiger partial charge in [-0.1, -0.05) is 77.8 Å². The molecule has 4 aromatic carbocycles. The van der Waals surface area contributed by atoms with Crippen molar-refractivity contribution >= 4 is 40.1 Å². The number of aliphatic hydroxyl groups excluding tert-OH is 1. The van der Waals surface area contributed by atoms with E-state index in [4.69, 9.17) is 33.0 Å². The minimum atomic E-state index is -0.747. The zero-order chi connectivity index (χ0) is 33.4. The van der Waals surface area contributed by atoms with Crippen molar-refractivity contribution in [2.75, 3.05) is 33.3 Å². The molecule has 3 heterocycles. The molecular weight excluding hydrogens is 647 g/mol. The predicted molar refractivity (Wildman–Crippen MR) is 190 cm³/mol. The van der Waals surface area contributed by atoms with Crippen LogP contribution < -0.4 is 4.74 Å². The van der Waals surface area contributed by atoms with Crippen LogP contribution in [0.2, 0.25) is 10.0 Å². The number of aromatic nitrogens is 2. The standard InChI is InChI=1S/C38H38Cl2N4O4/c1-48-36-17-27(34(39)16-28(36)21-43-14-12-26(20-43)38(46)47)22-44-35-7-3-5-31(33(35)18-41-44)32-6-2-4-30(37(32)40)25-10-8-24(9-11-25)19-42-15-13-29(45)23-42/h2-11,16-18,26,29,45H,12-15,19-23H2,1H3,(H,46,47)/t26-,29-/m1/s1. The van der Waals surface area contributed by atoms with E-state index < -0.39 is 5.97 Å². The van der Waals surface area contributed by atoms with Crippen molar-refractivity contribution in [3.05, 3.63) is 106 Å². The summed E-state index contributed by atoms with van der Waals surface area (Å²) in [4.78, 5) is 15.8. The fourth-order valence-corrected chi connectivity index (χ4v) is 7.67. The number of benzene rings is 4. The molecule has 0 aliphatic carbocycles. The first-order chi connectivity index (χ1) is 23.3. The van der Waals surface area contributed by atoms with Crippen LogP contribution in [-0.2, 0) is 24.4 Å². The topological polar surface area (TPSA) is 91.1 Å². The summed E-state index contributed by atoms with van der Waals surface area (Å²) in [7, 11) is 1.64. The average molecular weight is 686 g/mol. The Morgan fingerprint density at radius 1 is 0.875 bits per heavy atom. The fraction of sp³-hybridized carbons (Fsp3) is 0.316. The van der Waals surface area contributed by atoms with Crippen LogP contribution in [0.5, 0.6) is 5.75 Å². The Morgan fingerprint density at radius 2 is 1.60 bits per heavy atom. The number of likely N-dealkylation sites (tertiary alicyclic amines) is 2. The zero-order valence-corrected chi connectivity index (χ0v) is 28.3. The van der Waals surface area contributed by atoms with Crippen molar-refractivity contribution in [1.82, 2.24) is 19.6 Å². The zero-order valence-electron chi connectivity index (χ0n) is 26.8. The Balaban J connectivity index is 1.12. The average Bonchev–Trinajstić information content (AvgIpc) is 3.83. The van der Waals surface area contributed by atoms with E-state index >= 15 is 0 Å². The van der Waals surface area contributed by atoms with Crippen LogP contribution >= 0.6 is 23.2 Å². The molecule has 10 heteroatoms. The van der Waals surface area contributed by atoms with Gasteiger partial charge in [-0.3, -0.25) is 19.3 Å². The van der Waals surface area contributed by atoms with Gasteiger partial charge in [0.1, 0.15) is 5.75 Å². The molecular formula is C38H38Cl2N4O4. The highest BCUT2D eigenvalue weighted by Gasteiger charge is 2.28. The monoisotopic (exact) mass is 684 g/mol. The van der Waals surface area contributed by atoms with Gasteiger partial charge in [0.25, 0.3) is 0 Å². The molecule has 0 bridgehead atoms. The van der Waals surface area contributed by atoms with Crippen molar-refractivity contribution in [1.29, 1.82) is 0 Å². The molecule has 7 rings (SSSR count). The number of nitrogens with zero attached hydrogens (tertiary/aromatic N) is 4. The van der Waals surface area contributed by atoms with Crippen LogP contribution in [0.25, 0.3) is 33.2 Å². The summed E-state index contributed by atoms with van der Waals surface area (Å²) in [6.45, 7) is 4.74. The molecule has 0 saturated carbocycles. The highest BCUT2D eigenvalue weighted by molar-refractivity contribution is 6.36. The molecule has 248 valence electrons. The minimum Gasteiger partial charge on any atom is -0.496 e. The number of carboxylic acid groups (broad SMARTS) is 1. The maximum absolute atomic E-state index is 11.4. The minimum absolute atomic E-state index is 0.224. The van der Waals surface area contributed by atoms with Gasteiger partial charge in [0.2, 0.25) is 0 Å². The van der Waals surface area contributed by atoms with Crippen molar-refractivity contribution in [3.63, 3.8) is 0 Å². The summed E-state index contributed by atoms with van der Waals surface area (Å²) in [5.74, 6) is -0.366. The molecule has 0 unspecified atom stereocenters. The van der Waals surface area contributed by atoms with E-state index in [0.29, 0.717) is 36.1 Å². The number of halogens is 2. The molecule has 0 amide bonds. The number of rotatable bonds is 10. The maximum atomic E-state index is 11.4. The van der Waals surface area contributed by atoms with Crippen LogP contribution in [0.4, 0.5) is 0 Å². The summed E-state index contributed by atoms with van der Waals surface area (Å²) in [6, 6.07) is 24.7. The second kappa shape index (κ2) is 13.9. The normalized spacial score (nSPS) is 18.6. The molecule has 2 aliphatic rings. The lowest BCUT2D eigenvalue weighted by Crippen LogP contribution is -2.23. The van der Waals surface area contributed by atoms with Crippen molar-refractivity contribution in [2.24, 2.45) is 5.92 Å². The van der Waals surface area contributed by atoms with Gasteiger partial charge in [0.05, 0.1) is 42.4 Å². The number of β-amino-alcohol motifs (C(OH)–C–C–N with tert-alkyl or cyclic N) is 1. The molecule has 2 fully saturated rings. The van der Waals surface area contributed by atoms with Gasteiger partial charge in [-0.05, 0) is 59.8 Å². The second-order valence-electron chi connectivity index (χ2n) is 12.9. The van der Waals surface area contributed by atoms with Gasteiger partial charge in [0, 0.05) is 59.8 Å². The molecule has 0 spiro atoms. The Morgan fingerprint density at radius 3 is 2.33 bits per heavy atom. The number of carboxylic acids is 1. The van der Waals surface area contributed by atoms with Gasteiger partial charge >= 0.3 is 5.97 Å². The van der Waals surface area contributed by atoms with Gasteiger partial charge in [-0.15, -0.1) is 0 Å². The summed E-state index contributed by atoms with van der Waals surface area (Å²) in [6.07, 6.45) is 3.13. The molecule has 1 aromatic heterocycles. The number of carbonyl (C=O) groups is 1. The lowest BCUT2D eigenvalue weighted by molar-refractivity contribution is -0.141. The van der Waals surface area contributed by atoms with E-state index in [2.05, 4.69) is 46.2 Å². The number of hydrogen-bond acceptors (Lipinski definition) is 6. The van der Waals surface area contributed by atoms with E-state index in [1.54, 1.807) is 7.11 Å². The maximum Gasteiger partial charge on any atom is 0.307 e. The lowest BCUT2D eigenvalue weighted by atomic mass is 9.96. The van der Waals surface area contributed by atoms with E-state index in [9.17, 15) is 15.0 Å². The molecule has 0 radical (unpaired) electrons. The van der Waals surface area contributed by atoms with Crippen LogP contribution in [0.15, 0.2) is 79.0 Å². The van der Waals surface area contributed by atoms with Crippen LogP contribution in [0.1, 0.15) is 29.5 Å². The summed E-state index contributed by atoms with van der Waals surface area (Å²) in [5.41, 5.74) is 7.93. The Hall–Kier alpha value is -3.92. The number of aliphatic hydroxyl groups is 1. The number of aliphatic carboxylic acids is 1. The molecule has 2 N–H and O–H groups in total. The lowest BCUT2D eigenvalue weighted by Gasteiger charge is -2.19. The first kappa shape index (κ1) is 32.6. The number of methoxy groups -OCH3 is 1. The van der Waals surface area contributed by atoms with Gasteiger partial charge in [-0.2, -0.15) is 5.10 Å². The van der Waals surface area contributed by atoms with Crippen LogP contribution in [-0.4, -0.2) is 75.2 Å². The quantitative estimate of drug-likeness (QED) is 0.161. The SMILES string of the molecule is COc1cc(Cn2ncc3c(-c4cccc(-c5ccc(CN6CC[C@@H](O)C6)cc5)c4Cl)cccc32)c(Cl)cc1CN1CC[C@@H](C(=O)O)C1. The van der Waals surface area contributed by atoms with E-state index in [-0.39, 0.29) is 12.0 Å².